The minimum Gasteiger partial charge on any atom is -0.390 e. The van der Waals surface area contributed by atoms with E-state index < -0.39 is 5.60 Å². The van der Waals surface area contributed by atoms with Crippen LogP contribution in [0.5, 0.6) is 0 Å². The molecule has 0 radical (unpaired) electrons. The highest BCUT2D eigenvalue weighted by atomic mass is 35.5. The third kappa shape index (κ3) is 3.46. The van der Waals surface area contributed by atoms with Crippen molar-refractivity contribution in [2.75, 3.05) is 0 Å². The van der Waals surface area contributed by atoms with Crippen LogP contribution in [0.25, 0.3) is 0 Å². The van der Waals surface area contributed by atoms with Crippen LogP contribution in [0.1, 0.15) is 51.9 Å². The number of rotatable bonds is 6. The van der Waals surface area contributed by atoms with Gasteiger partial charge in [-0.3, -0.25) is 4.68 Å². The second kappa shape index (κ2) is 5.87. The van der Waals surface area contributed by atoms with E-state index in [1.807, 2.05) is 25.5 Å². The summed E-state index contributed by atoms with van der Waals surface area (Å²) in [6.07, 6.45) is 3.14. The SMILES string of the molecule is CCCC(C)(O)Cc1c(Cl)c(CC)nn1CC. The Labute approximate surface area is 109 Å². The van der Waals surface area contributed by atoms with Crippen molar-refractivity contribution < 1.29 is 5.11 Å². The van der Waals surface area contributed by atoms with Gasteiger partial charge >= 0.3 is 0 Å². The van der Waals surface area contributed by atoms with Crippen LogP contribution in [0.4, 0.5) is 0 Å². The quantitative estimate of drug-likeness (QED) is 0.851. The molecule has 3 nitrogen and oxygen atoms in total. The molecule has 0 aliphatic heterocycles. The first kappa shape index (κ1) is 14.5. The minimum absolute atomic E-state index is 0.570. The van der Waals surface area contributed by atoms with Crippen molar-refractivity contribution in [3.05, 3.63) is 16.4 Å². The highest BCUT2D eigenvalue weighted by molar-refractivity contribution is 6.31. The fourth-order valence-electron chi connectivity index (χ4n) is 2.17. The summed E-state index contributed by atoms with van der Waals surface area (Å²) in [6, 6.07) is 0. The van der Waals surface area contributed by atoms with Gasteiger partial charge in [0.1, 0.15) is 0 Å². The van der Waals surface area contributed by atoms with Crippen molar-refractivity contribution >= 4 is 11.6 Å². The van der Waals surface area contributed by atoms with Gasteiger partial charge in [0.05, 0.1) is 22.0 Å². The first-order valence-electron chi connectivity index (χ1n) is 6.41. The average Bonchev–Trinajstić information content (AvgIpc) is 2.55. The molecule has 0 amide bonds. The Morgan fingerprint density at radius 3 is 2.47 bits per heavy atom. The molecule has 98 valence electrons. The van der Waals surface area contributed by atoms with E-state index in [0.717, 1.165) is 42.2 Å². The lowest BCUT2D eigenvalue weighted by Gasteiger charge is -2.23. The van der Waals surface area contributed by atoms with Gasteiger partial charge in [-0.05, 0) is 26.7 Å². The van der Waals surface area contributed by atoms with Crippen molar-refractivity contribution in [2.24, 2.45) is 0 Å². The van der Waals surface area contributed by atoms with Gasteiger partial charge in [-0.25, -0.2) is 0 Å². The van der Waals surface area contributed by atoms with Crippen LogP contribution >= 0.6 is 11.6 Å². The van der Waals surface area contributed by atoms with Crippen LogP contribution in [0, 0.1) is 0 Å². The lowest BCUT2D eigenvalue weighted by molar-refractivity contribution is 0.0485. The van der Waals surface area contributed by atoms with E-state index >= 15 is 0 Å². The van der Waals surface area contributed by atoms with E-state index in [2.05, 4.69) is 12.0 Å². The Morgan fingerprint density at radius 2 is 2.00 bits per heavy atom. The molecule has 1 atom stereocenters. The Balaban J connectivity index is 3.00. The van der Waals surface area contributed by atoms with E-state index in [4.69, 9.17) is 11.6 Å². The smallest absolute Gasteiger partial charge is 0.0850 e. The fourth-order valence-corrected chi connectivity index (χ4v) is 2.51. The summed E-state index contributed by atoms with van der Waals surface area (Å²) in [5, 5.41) is 15.5. The molecule has 0 saturated heterocycles. The Bertz CT molecular complexity index is 372. The number of aromatic nitrogens is 2. The van der Waals surface area contributed by atoms with Gasteiger partial charge in [0.2, 0.25) is 0 Å². The van der Waals surface area contributed by atoms with Gasteiger partial charge in [0.15, 0.2) is 0 Å². The molecule has 1 unspecified atom stereocenters. The molecule has 1 aromatic rings. The average molecular weight is 259 g/mol. The molecule has 1 heterocycles. The zero-order valence-corrected chi connectivity index (χ0v) is 12.0. The van der Waals surface area contributed by atoms with Gasteiger partial charge in [-0.1, -0.05) is 31.9 Å². The molecule has 0 aliphatic carbocycles. The van der Waals surface area contributed by atoms with E-state index in [1.165, 1.54) is 0 Å². The Kier molecular flexibility index (Phi) is 5.02. The van der Waals surface area contributed by atoms with Crippen molar-refractivity contribution in [2.45, 2.75) is 65.5 Å². The summed E-state index contributed by atoms with van der Waals surface area (Å²) in [5.74, 6) is 0. The summed E-state index contributed by atoms with van der Waals surface area (Å²) in [4.78, 5) is 0. The van der Waals surface area contributed by atoms with Crippen LogP contribution in [-0.2, 0) is 19.4 Å². The molecule has 4 heteroatoms. The molecule has 0 saturated carbocycles. The molecular formula is C13H23ClN2O. The number of aliphatic hydroxyl groups is 1. The van der Waals surface area contributed by atoms with Crippen molar-refractivity contribution in [3.63, 3.8) is 0 Å². The molecule has 0 spiro atoms. The largest absolute Gasteiger partial charge is 0.390 e. The third-order valence-corrected chi connectivity index (χ3v) is 3.47. The van der Waals surface area contributed by atoms with Crippen LogP contribution in [0.2, 0.25) is 5.02 Å². The van der Waals surface area contributed by atoms with Crippen molar-refractivity contribution in [1.82, 2.24) is 9.78 Å². The molecule has 1 aromatic heterocycles. The Morgan fingerprint density at radius 1 is 1.35 bits per heavy atom. The summed E-state index contributed by atoms with van der Waals surface area (Å²) < 4.78 is 1.91. The lowest BCUT2D eigenvalue weighted by Crippen LogP contribution is -2.28. The third-order valence-electron chi connectivity index (χ3n) is 3.03. The normalized spacial score (nSPS) is 14.9. The van der Waals surface area contributed by atoms with E-state index in [1.54, 1.807) is 0 Å². The molecule has 17 heavy (non-hydrogen) atoms. The second-order valence-corrected chi connectivity index (χ2v) is 5.18. The molecular weight excluding hydrogens is 236 g/mol. The number of halogens is 1. The highest BCUT2D eigenvalue weighted by Gasteiger charge is 2.25. The first-order chi connectivity index (χ1) is 7.95. The first-order valence-corrected chi connectivity index (χ1v) is 6.79. The highest BCUT2D eigenvalue weighted by Crippen LogP contribution is 2.27. The molecule has 1 rings (SSSR count). The van der Waals surface area contributed by atoms with Crippen molar-refractivity contribution in [3.8, 4) is 0 Å². The maximum Gasteiger partial charge on any atom is 0.0850 e. The molecule has 1 N–H and O–H groups in total. The summed E-state index contributed by atoms with van der Waals surface area (Å²) in [5.41, 5.74) is 1.19. The van der Waals surface area contributed by atoms with E-state index in [0.29, 0.717) is 6.42 Å². The topological polar surface area (TPSA) is 38.1 Å². The number of aryl methyl sites for hydroxylation is 2. The maximum atomic E-state index is 10.3. The number of hydrogen-bond acceptors (Lipinski definition) is 2. The molecule has 0 bridgehead atoms. The summed E-state index contributed by atoms with van der Waals surface area (Å²) in [7, 11) is 0. The zero-order valence-electron chi connectivity index (χ0n) is 11.3. The fraction of sp³-hybridized carbons (Fsp3) is 0.769. The predicted molar refractivity (Wildman–Crippen MR) is 71.5 cm³/mol. The second-order valence-electron chi connectivity index (χ2n) is 4.80. The van der Waals surface area contributed by atoms with Gasteiger partial charge in [-0.15, -0.1) is 0 Å². The van der Waals surface area contributed by atoms with Crippen LogP contribution in [0.15, 0.2) is 0 Å². The lowest BCUT2D eigenvalue weighted by atomic mass is 9.94. The molecule has 0 aromatic carbocycles. The van der Waals surface area contributed by atoms with Gasteiger partial charge in [0.25, 0.3) is 0 Å². The standard InChI is InChI=1S/C13H23ClN2O/c1-5-8-13(4,17)9-11-12(14)10(6-2)15-16(11)7-3/h17H,5-9H2,1-4H3. The number of hydrogen-bond donors (Lipinski definition) is 1. The Hall–Kier alpha value is -0.540. The van der Waals surface area contributed by atoms with Crippen LogP contribution < -0.4 is 0 Å². The van der Waals surface area contributed by atoms with Gasteiger partial charge < -0.3 is 5.11 Å². The molecule has 0 fully saturated rings. The minimum atomic E-state index is -0.698. The van der Waals surface area contributed by atoms with Crippen LogP contribution in [-0.4, -0.2) is 20.5 Å². The zero-order chi connectivity index (χ0) is 13.1. The number of nitrogens with zero attached hydrogens (tertiary/aromatic N) is 2. The summed E-state index contributed by atoms with van der Waals surface area (Å²) >= 11 is 6.32. The van der Waals surface area contributed by atoms with E-state index in [9.17, 15) is 5.11 Å². The monoisotopic (exact) mass is 258 g/mol. The van der Waals surface area contributed by atoms with E-state index in [-0.39, 0.29) is 0 Å². The molecule has 0 aliphatic rings. The van der Waals surface area contributed by atoms with Gasteiger partial charge in [0, 0.05) is 13.0 Å². The van der Waals surface area contributed by atoms with Gasteiger partial charge in [-0.2, -0.15) is 5.10 Å². The van der Waals surface area contributed by atoms with Crippen molar-refractivity contribution in [1.29, 1.82) is 0 Å². The van der Waals surface area contributed by atoms with Crippen LogP contribution in [0.3, 0.4) is 0 Å². The maximum absolute atomic E-state index is 10.3. The summed E-state index contributed by atoms with van der Waals surface area (Å²) in [6.45, 7) is 8.82. The predicted octanol–water partition coefficient (Wildman–Crippen LogP) is 3.21.